The molecule has 0 spiro atoms. The monoisotopic (exact) mass is 968 g/mol. The van der Waals surface area contributed by atoms with E-state index >= 15 is 0 Å². The second-order valence-electron chi connectivity index (χ2n) is 19.7. The van der Waals surface area contributed by atoms with Gasteiger partial charge in [-0.3, -0.25) is 4.99 Å². The summed E-state index contributed by atoms with van der Waals surface area (Å²) in [5, 5.41) is 0. The van der Waals surface area contributed by atoms with Crippen LogP contribution >= 0.6 is 0 Å². The Morgan fingerprint density at radius 2 is 1.41 bits per heavy atom. The average molecular weight is 969 g/mol. The van der Waals surface area contributed by atoms with Crippen LogP contribution < -0.4 is 9.64 Å². The number of para-hydroxylation sites is 1. The minimum atomic E-state index is -0.349. The molecule has 6 heteroatoms. The minimum Gasteiger partial charge on any atom is -0.518 e. The summed E-state index contributed by atoms with van der Waals surface area (Å²) < 4.78 is 13.5. The molecule has 7 rings (SSSR count). The average Bonchev–Trinajstić information content (AvgIpc) is 3.55. The summed E-state index contributed by atoms with van der Waals surface area (Å²) in [5.41, 5.74) is 10.7. The molecule has 0 amide bonds. The smallest absolute Gasteiger partial charge is 0.518 e. The number of rotatable bonds is 10. The summed E-state index contributed by atoms with van der Waals surface area (Å²) in [5.74, 6) is 4.59. The van der Waals surface area contributed by atoms with Crippen molar-refractivity contribution >= 4 is 23.1 Å². The van der Waals surface area contributed by atoms with Gasteiger partial charge >= 0.3 is 21.1 Å². The number of hydrogen-bond acceptors (Lipinski definition) is 5. The van der Waals surface area contributed by atoms with Gasteiger partial charge in [0.25, 0.3) is 0 Å². The van der Waals surface area contributed by atoms with Gasteiger partial charge in [0.1, 0.15) is 18.3 Å². The van der Waals surface area contributed by atoms with Crippen molar-refractivity contribution < 1.29 is 30.5 Å². The summed E-state index contributed by atoms with van der Waals surface area (Å²) >= 11 is 0. The molecular weight excluding hydrogens is 906 g/mol. The number of nitrogens with zero attached hydrogens (tertiary/aromatic N) is 3. The van der Waals surface area contributed by atoms with Crippen molar-refractivity contribution in [2.75, 3.05) is 11.5 Å². The van der Waals surface area contributed by atoms with Gasteiger partial charge in [0.15, 0.2) is 0 Å². The van der Waals surface area contributed by atoms with E-state index in [1.54, 1.807) is 0 Å². The van der Waals surface area contributed by atoms with Gasteiger partial charge in [-0.15, -0.1) is 23.8 Å². The molecule has 0 aliphatic carbocycles. The minimum absolute atomic E-state index is 0. The molecule has 0 N–H and O–H groups in total. The number of fused-ring (bicyclic) bond motifs is 2. The normalized spacial score (nSPS) is 17.3. The molecule has 1 aromatic heterocycles. The van der Waals surface area contributed by atoms with Crippen molar-refractivity contribution in [3.05, 3.63) is 131 Å². The molecule has 0 saturated heterocycles. The van der Waals surface area contributed by atoms with Gasteiger partial charge in [-0.05, 0) is 93.4 Å². The van der Waals surface area contributed by atoms with Crippen LogP contribution in [0.4, 0.5) is 17.2 Å². The number of hydrogen-bond donors (Lipinski definition) is 0. The predicted octanol–water partition coefficient (Wildman–Crippen LogP) is 14.3. The summed E-state index contributed by atoms with van der Waals surface area (Å²) in [6, 6.07) is 35.6. The van der Waals surface area contributed by atoms with Gasteiger partial charge < -0.3 is 14.4 Å². The first kappa shape index (κ1) is 44.3. The molecule has 0 unspecified atom stereocenters. The molecule has 4 aromatic carbocycles. The first-order valence-corrected chi connectivity index (χ1v) is 21.3. The van der Waals surface area contributed by atoms with Crippen LogP contribution in [-0.4, -0.2) is 23.0 Å². The zero-order chi connectivity index (χ0) is 41.9. The number of anilines is 3. The van der Waals surface area contributed by atoms with Crippen molar-refractivity contribution in [1.29, 1.82) is 0 Å². The van der Waals surface area contributed by atoms with Gasteiger partial charge in [0.2, 0.25) is 0 Å². The third kappa shape index (κ3) is 8.43. The topological polar surface area (TPSA) is 47.0 Å². The molecule has 0 bridgehead atoms. The fourth-order valence-corrected chi connectivity index (χ4v) is 9.80. The van der Waals surface area contributed by atoms with Crippen LogP contribution in [0.3, 0.4) is 0 Å². The Balaban J connectivity index is 0.00000585. The van der Waals surface area contributed by atoms with Gasteiger partial charge in [-0.1, -0.05) is 155 Å². The predicted molar refractivity (Wildman–Crippen MR) is 242 cm³/mol. The third-order valence-corrected chi connectivity index (χ3v) is 12.4. The summed E-state index contributed by atoms with van der Waals surface area (Å²) in [6.07, 6.45) is 1.92. The van der Waals surface area contributed by atoms with Gasteiger partial charge in [0, 0.05) is 23.4 Å². The van der Waals surface area contributed by atoms with E-state index in [9.17, 15) is 0 Å². The second kappa shape index (κ2) is 16.7. The Kier molecular flexibility index (Phi) is 12.5. The van der Waals surface area contributed by atoms with Crippen LogP contribution in [-0.2, 0) is 36.6 Å². The quantitative estimate of drug-likeness (QED) is 0.131. The molecule has 5 aromatic rings. The first-order valence-electron chi connectivity index (χ1n) is 21.3. The number of aliphatic imine (C=N–C) groups is 1. The van der Waals surface area contributed by atoms with Crippen LogP contribution in [0.5, 0.6) is 11.5 Å². The molecule has 0 radical (unpaired) electrons. The van der Waals surface area contributed by atoms with Crippen LogP contribution in [0, 0.1) is 29.9 Å². The van der Waals surface area contributed by atoms with Crippen LogP contribution in [0.15, 0.2) is 90.1 Å². The Labute approximate surface area is 369 Å². The van der Waals surface area contributed by atoms with Gasteiger partial charge in [-0.2, -0.15) is 6.07 Å². The van der Waals surface area contributed by atoms with E-state index in [0.717, 1.165) is 33.9 Å². The molecule has 3 heterocycles. The Morgan fingerprint density at radius 3 is 2.03 bits per heavy atom. The molecule has 2 aliphatic heterocycles. The zero-order valence-electron chi connectivity index (χ0n) is 37.7. The molecular formula is C53H63N3O2Pt. The molecule has 312 valence electrons. The van der Waals surface area contributed by atoms with Gasteiger partial charge in [-0.25, -0.2) is 4.98 Å². The summed E-state index contributed by atoms with van der Waals surface area (Å²) in [7, 11) is 0. The Hall–Kier alpha value is -4.21. The van der Waals surface area contributed by atoms with E-state index in [1.807, 2.05) is 12.3 Å². The fraction of sp³-hybridized carbons (Fsp3) is 0.434. The number of benzene rings is 4. The number of pyridine rings is 1. The van der Waals surface area contributed by atoms with E-state index in [4.69, 9.17) is 19.5 Å². The zero-order valence-corrected chi connectivity index (χ0v) is 39.9. The maximum atomic E-state index is 6.93. The van der Waals surface area contributed by atoms with E-state index in [1.165, 1.54) is 27.8 Å². The fourth-order valence-electron chi connectivity index (χ4n) is 9.80. The van der Waals surface area contributed by atoms with E-state index in [0.29, 0.717) is 53.6 Å². The van der Waals surface area contributed by atoms with Crippen molar-refractivity contribution in [3.63, 3.8) is 0 Å². The standard InChI is InChI=1S/C53H63N3O2.Pt/c1-32(2)41-18-17-19-42(33(3)4)48(41)36-26-37(50-55-53(14,31-57-50)49(34(5)6)35(7)8)28-40(27-36)58-39-22-23-44-46(30-39)56(45-21-16-15-20-43(45)52(44,12)13)47-29-38(24-25-54-47)51(9,10)11;/h15-27,29,32-35,49H,31H2,1-14H3;/q-2;+2/t53-;/m0./s1. The third-order valence-electron chi connectivity index (χ3n) is 12.4. The molecule has 2 aliphatic rings. The maximum absolute atomic E-state index is 6.93. The van der Waals surface area contributed by atoms with Crippen molar-refractivity contribution in [2.24, 2.45) is 22.7 Å². The number of aromatic nitrogens is 1. The Morgan fingerprint density at radius 1 is 0.746 bits per heavy atom. The second-order valence-corrected chi connectivity index (χ2v) is 19.7. The van der Waals surface area contributed by atoms with Crippen molar-refractivity contribution in [1.82, 2.24) is 4.98 Å². The molecule has 0 saturated carbocycles. The van der Waals surface area contributed by atoms with Crippen LogP contribution in [0.1, 0.15) is 142 Å². The molecule has 0 fully saturated rings. The Bertz CT molecular complexity index is 2320. The van der Waals surface area contributed by atoms with Crippen molar-refractivity contribution in [3.8, 4) is 22.6 Å². The van der Waals surface area contributed by atoms with Gasteiger partial charge in [0.05, 0.1) is 5.54 Å². The molecule has 1 atom stereocenters. The number of ether oxygens (including phenoxy) is 2. The summed E-state index contributed by atoms with van der Waals surface area (Å²) in [4.78, 5) is 12.6. The van der Waals surface area contributed by atoms with E-state index in [2.05, 4.69) is 187 Å². The SMILES string of the molecule is CC(C)c1cccc(C(C)C)c1-c1cc(Oc2[c-]c3c(cc2)C(C)(C)c2ccccc2N3c2cc(C(C)(C)C)ccn2)[c-]c(C2=N[C@](C)(C(C(C)C)C(C)C)CO2)c1.[Pt+2]. The first-order chi connectivity index (χ1) is 27.3. The maximum Gasteiger partial charge on any atom is 2.00 e. The summed E-state index contributed by atoms with van der Waals surface area (Å²) in [6.45, 7) is 32.3. The van der Waals surface area contributed by atoms with Crippen LogP contribution in [0.25, 0.3) is 11.1 Å². The molecule has 59 heavy (non-hydrogen) atoms. The van der Waals surface area contributed by atoms with E-state index in [-0.39, 0.29) is 37.4 Å². The van der Waals surface area contributed by atoms with Crippen molar-refractivity contribution in [2.45, 2.75) is 125 Å². The molecule has 5 nitrogen and oxygen atoms in total. The largest absolute Gasteiger partial charge is 2.00 e. The van der Waals surface area contributed by atoms with Crippen LogP contribution in [0.2, 0.25) is 0 Å². The van der Waals surface area contributed by atoms with E-state index < -0.39 is 0 Å².